The van der Waals surface area contributed by atoms with E-state index in [1.807, 2.05) is 0 Å². The molecule has 2 aliphatic carbocycles. The molecule has 2 fully saturated rings. The molecule has 0 saturated heterocycles. The highest BCUT2D eigenvalue weighted by atomic mass is 16.4. The molecule has 2 amide bonds. The maximum absolute atomic E-state index is 11.8. The van der Waals surface area contributed by atoms with Crippen LogP contribution in [0.5, 0.6) is 0 Å². The molecule has 0 aromatic carbocycles. The maximum Gasteiger partial charge on any atom is 0.315 e. The molecule has 2 rings (SSSR count). The average Bonchev–Trinajstić information content (AvgIpc) is 3.26. The van der Waals surface area contributed by atoms with Crippen molar-refractivity contribution in [3.63, 3.8) is 0 Å². The summed E-state index contributed by atoms with van der Waals surface area (Å²) in [6.07, 6.45) is 4.53. The second kappa shape index (κ2) is 6.43. The third-order valence-corrected chi connectivity index (χ3v) is 4.28. The highest BCUT2D eigenvalue weighted by Crippen LogP contribution is 2.34. The van der Waals surface area contributed by atoms with Crippen molar-refractivity contribution >= 4 is 12.0 Å². The summed E-state index contributed by atoms with van der Waals surface area (Å²) in [5.41, 5.74) is 0. The number of amides is 2. The Morgan fingerprint density at radius 2 is 1.95 bits per heavy atom. The van der Waals surface area contributed by atoms with Gasteiger partial charge >= 0.3 is 12.0 Å². The monoisotopic (exact) mass is 283 g/mol. The van der Waals surface area contributed by atoms with Crippen LogP contribution in [0.2, 0.25) is 0 Å². The first-order chi connectivity index (χ1) is 9.47. The maximum atomic E-state index is 11.8. The number of carboxylic acids is 1. The van der Waals surface area contributed by atoms with E-state index in [2.05, 4.69) is 29.5 Å². The van der Waals surface area contributed by atoms with Crippen LogP contribution in [0.15, 0.2) is 0 Å². The van der Waals surface area contributed by atoms with Gasteiger partial charge in [-0.15, -0.1) is 0 Å². The van der Waals surface area contributed by atoms with Crippen LogP contribution in [0.1, 0.15) is 39.0 Å². The third kappa shape index (κ3) is 4.67. The molecule has 6 heteroatoms. The Morgan fingerprint density at radius 3 is 2.45 bits per heavy atom. The number of carboxylic acid groups (broad SMARTS) is 1. The Labute approximate surface area is 119 Å². The topological polar surface area (TPSA) is 81.7 Å². The zero-order valence-corrected chi connectivity index (χ0v) is 12.3. The molecule has 0 spiro atoms. The molecule has 2 atom stereocenters. The zero-order valence-electron chi connectivity index (χ0n) is 12.3. The highest BCUT2D eigenvalue weighted by Gasteiger charge is 2.34. The number of likely N-dealkylation sites (N-methyl/N-ethyl adjacent to an activating group) is 1. The molecule has 2 saturated carbocycles. The Morgan fingerprint density at radius 1 is 1.30 bits per heavy atom. The minimum atomic E-state index is -0.857. The number of nitrogens with one attached hydrogen (secondary N) is 2. The Hall–Kier alpha value is -1.30. The molecule has 0 heterocycles. The first-order valence-corrected chi connectivity index (χ1v) is 7.45. The molecule has 20 heavy (non-hydrogen) atoms. The molecule has 0 aromatic heterocycles. The second-order valence-corrected chi connectivity index (χ2v) is 6.14. The fourth-order valence-corrected chi connectivity index (χ4v) is 2.47. The van der Waals surface area contributed by atoms with E-state index >= 15 is 0 Å². The van der Waals surface area contributed by atoms with Gasteiger partial charge in [0.15, 0.2) is 0 Å². The largest absolute Gasteiger partial charge is 0.481 e. The minimum absolute atomic E-state index is 0.00954. The van der Waals surface area contributed by atoms with Gasteiger partial charge in [-0.3, -0.25) is 9.69 Å². The van der Waals surface area contributed by atoms with Crippen molar-refractivity contribution in [1.29, 1.82) is 0 Å². The van der Waals surface area contributed by atoms with Crippen LogP contribution in [-0.2, 0) is 4.79 Å². The lowest BCUT2D eigenvalue weighted by molar-refractivity contribution is -0.137. The predicted octanol–water partition coefficient (Wildman–Crippen LogP) is 1.02. The van der Waals surface area contributed by atoms with Crippen molar-refractivity contribution in [2.24, 2.45) is 5.92 Å². The van der Waals surface area contributed by atoms with Crippen molar-refractivity contribution in [3.05, 3.63) is 0 Å². The smallest absolute Gasteiger partial charge is 0.315 e. The van der Waals surface area contributed by atoms with Crippen LogP contribution in [0.4, 0.5) is 4.79 Å². The molecule has 0 bridgehead atoms. The van der Waals surface area contributed by atoms with Crippen molar-refractivity contribution in [2.75, 3.05) is 13.6 Å². The number of carbonyl (C=O) groups is 2. The van der Waals surface area contributed by atoms with Crippen LogP contribution < -0.4 is 10.6 Å². The van der Waals surface area contributed by atoms with Gasteiger partial charge in [-0.2, -0.15) is 0 Å². The summed E-state index contributed by atoms with van der Waals surface area (Å²) >= 11 is 0. The molecule has 0 aliphatic heterocycles. The van der Waals surface area contributed by atoms with Crippen molar-refractivity contribution in [2.45, 2.75) is 57.2 Å². The van der Waals surface area contributed by atoms with Gasteiger partial charge in [0.1, 0.15) is 0 Å². The van der Waals surface area contributed by atoms with Crippen LogP contribution in [0.3, 0.4) is 0 Å². The molecule has 2 aliphatic rings. The fourth-order valence-electron chi connectivity index (χ4n) is 2.47. The van der Waals surface area contributed by atoms with Gasteiger partial charge in [0.25, 0.3) is 0 Å². The highest BCUT2D eigenvalue weighted by molar-refractivity contribution is 5.75. The van der Waals surface area contributed by atoms with E-state index in [0.717, 1.165) is 12.8 Å². The summed E-state index contributed by atoms with van der Waals surface area (Å²) in [7, 11) is 2.08. The molecular weight excluding hydrogens is 258 g/mol. The van der Waals surface area contributed by atoms with E-state index < -0.39 is 5.97 Å². The summed E-state index contributed by atoms with van der Waals surface area (Å²) in [6.45, 7) is 2.68. The first kappa shape index (κ1) is 15.1. The van der Waals surface area contributed by atoms with Gasteiger partial charge in [-0.1, -0.05) is 0 Å². The summed E-state index contributed by atoms with van der Waals surface area (Å²) in [5, 5.41) is 14.5. The molecule has 3 N–H and O–H groups in total. The lowest BCUT2D eigenvalue weighted by Crippen LogP contribution is -2.48. The Bertz CT molecular complexity index is 367. The van der Waals surface area contributed by atoms with Crippen molar-refractivity contribution < 1.29 is 14.7 Å². The number of aliphatic carboxylic acids is 1. The van der Waals surface area contributed by atoms with E-state index in [1.54, 1.807) is 0 Å². The van der Waals surface area contributed by atoms with Crippen LogP contribution >= 0.6 is 0 Å². The van der Waals surface area contributed by atoms with Crippen LogP contribution in [-0.4, -0.2) is 53.7 Å². The standard InChI is InChI=1S/C14H25N3O3/c1-9(17(2)11-5-6-11)8-15-14(20)16-12(7-13(18)19)10-3-4-10/h9-12H,3-8H2,1-2H3,(H,18,19)(H2,15,16,20). The summed E-state index contributed by atoms with van der Waals surface area (Å²) in [4.78, 5) is 24.9. The van der Waals surface area contributed by atoms with Gasteiger partial charge in [0.2, 0.25) is 0 Å². The third-order valence-electron chi connectivity index (χ3n) is 4.28. The number of urea groups is 1. The minimum Gasteiger partial charge on any atom is -0.481 e. The van der Waals surface area contributed by atoms with Crippen molar-refractivity contribution in [3.8, 4) is 0 Å². The fraction of sp³-hybridized carbons (Fsp3) is 0.857. The van der Waals surface area contributed by atoms with Gasteiger partial charge in [0, 0.05) is 24.7 Å². The molecule has 2 unspecified atom stereocenters. The van der Waals surface area contributed by atoms with Gasteiger partial charge in [-0.05, 0) is 45.6 Å². The first-order valence-electron chi connectivity index (χ1n) is 7.45. The lowest BCUT2D eigenvalue weighted by Gasteiger charge is -2.25. The van der Waals surface area contributed by atoms with Crippen LogP contribution in [0, 0.1) is 5.92 Å². The SMILES string of the molecule is CC(CNC(=O)NC(CC(=O)O)C1CC1)N(C)C1CC1. The molecule has 0 radical (unpaired) electrons. The number of carbonyl (C=O) groups excluding carboxylic acids is 1. The van der Waals surface area contributed by atoms with Crippen molar-refractivity contribution in [1.82, 2.24) is 15.5 Å². The van der Waals surface area contributed by atoms with E-state index in [0.29, 0.717) is 24.5 Å². The number of nitrogens with zero attached hydrogens (tertiary/aromatic N) is 1. The molecule has 6 nitrogen and oxygen atoms in total. The quantitative estimate of drug-likeness (QED) is 0.621. The van der Waals surface area contributed by atoms with E-state index in [-0.39, 0.29) is 18.5 Å². The predicted molar refractivity (Wildman–Crippen MR) is 75.5 cm³/mol. The molecule has 0 aromatic rings. The van der Waals surface area contributed by atoms with E-state index in [4.69, 9.17) is 5.11 Å². The second-order valence-electron chi connectivity index (χ2n) is 6.14. The summed E-state index contributed by atoms with van der Waals surface area (Å²) in [6, 6.07) is 0.483. The summed E-state index contributed by atoms with van der Waals surface area (Å²) < 4.78 is 0. The van der Waals surface area contributed by atoms with Gasteiger partial charge < -0.3 is 15.7 Å². The number of hydrogen-bond acceptors (Lipinski definition) is 3. The Kier molecular flexibility index (Phi) is 4.86. The zero-order chi connectivity index (χ0) is 14.7. The Balaban J connectivity index is 1.69. The van der Waals surface area contributed by atoms with Crippen LogP contribution in [0.25, 0.3) is 0 Å². The molecular formula is C14H25N3O3. The average molecular weight is 283 g/mol. The lowest BCUT2D eigenvalue weighted by atomic mass is 10.1. The summed E-state index contributed by atoms with van der Waals surface area (Å²) in [5.74, 6) is -0.521. The van der Waals surface area contributed by atoms with E-state index in [1.165, 1.54) is 12.8 Å². The van der Waals surface area contributed by atoms with E-state index in [9.17, 15) is 9.59 Å². The van der Waals surface area contributed by atoms with Gasteiger partial charge in [-0.25, -0.2) is 4.79 Å². The number of rotatable bonds is 8. The normalized spacial score (nSPS) is 21.4. The van der Waals surface area contributed by atoms with Gasteiger partial charge in [0.05, 0.1) is 6.42 Å². The molecule has 114 valence electrons. The number of hydrogen-bond donors (Lipinski definition) is 3.